The minimum atomic E-state index is -4.04. The van der Waals surface area contributed by atoms with Gasteiger partial charge in [-0.05, 0) is 34.7 Å². The van der Waals surface area contributed by atoms with Gasteiger partial charge in [0, 0.05) is 16.0 Å². The lowest BCUT2D eigenvalue weighted by Gasteiger charge is -2.09. The molecule has 1 N–H and O–H groups in total. The molecule has 23 heavy (non-hydrogen) atoms. The van der Waals surface area contributed by atoms with Crippen molar-refractivity contribution in [3.8, 4) is 0 Å². The lowest BCUT2D eigenvalue weighted by Crippen LogP contribution is -2.32. The largest absolute Gasteiger partial charge is 0.269 e. The number of nitrogens with zero attached hydrogens (tertiary/aromatic N) is 2. The van der Waals surface area contributed by atoms with E-state index in [-0.39, 0.29) is 26.5 Å². The smallest absolute Gasteiger partial charge is 0.268 e. The number of hydrogen-bond acceptors (Lipinski definition) is 5. The fraction of sp³-hybridized carbons (Fsp3) is 0.0833. The molecule has 0 radical (unpaired) electrons. The van der Waals surface area contributed by atoms with Gasteiger partial charge in [-0.25, -0.2) is 18.1 Å². The summed E-state index contributed by atoms with van der Waals surface area (Å²) in [4.78, 5) is 19.7. The van der Waals surface area contributed by atoms with Crippen LogP contribution in [-0.2, 0) is 15.8 Å². The molecule has 0 aliphatic carbocycles. The number of pyridine rings is 2. The molecule has 2 rings (SSSR count). The van der Waals surface area contributed by atoms with E-state index in [0.717, 1.165) is 3.57 Å². The van der Waals surface area contributed by atoms with Gasteiger partial charge in [-0.3, -0.25) is 9.78 Å². The van der Waals surface area contributed by atoms with Crippen molar-refractivity contribution < 1.29 is 13.2 Å². The molecule has 2 aromatic heterocycles. The molecule has 11 heteroatoms. The lowest BCUT2D eigenvalue weighted by atomic mass is 10.3. The first-order valence-electron chi connectivity index (χ1n) is 5.84. The molecule has 0 atom stereocenters. The van der Waals surface area contributed by atoms with E-state index in [1.54, 1.807) is 6.07 Å². The molecule has 0 unspecified atom stereocenters. The predicted octanol–water partition coefficient (Wildman–Crippen LogP) is 3.30. The number of amides is 1. The van der Waals surface area contributed by atoms with Crippen molar-refractivity contribution in [2.75, 3.05) is 0 Å². The zero-order valence-electron chi connectivity index (χ0n) is 11.1. The third kappa shape index (κ3) is 4.90. The van der Waals surface area contributed by atoms with E-state index in [9.17, 15) is 13.2 Å². The molecule has 2 aromatic rings. The number of sulfonamides is 1. The summed E-state index contributed by atoms with van der Waals surface area (Å²) in [5, 5.41) is -0.0223. The molecule has 0 aromatic carbocycles. The molecule has 0 saturated carbocycles. The average Bonchev–Trinajstić information content (AvgIpc) is 2.41. The molecular weight excluding hydrogens is 499 g/mol. The van der Waals surface area contributed by atoms with Gasteiger partial charge in [-0.2, -0.15) is 0 Å². The number of rotatable bonds is 4. The molecule has 2 heterocycles. The Morgan fingerprint density at radius 1 is 1.22 bits per heavy atom. The number of aromatic nitrogens is 2. The van der Waals surface area contributed by atoms with Crippen LogP contribution in [0.25, 0.3) is 0 Å². The van der Waals surface area contributed by atoms with Crippen LogP contribution in [0, 0.1) is 3.57 Å². The van der Waals surface area contributed by atoms with Gasteiger partial charge in [0.05, 0.1) is 21.3 Å². The van der Waals surface area contributed by atoms with Crippen LogP contribution in [0.4, 0.5) is 0 Å². The van der Waals surface area contributed by atoms with Gasteiger partial charge >= 0.3 is 0 Å². The van der Waals surface area contributed by atoms with Crippen LogP contribution >= 0.6 is 57.4 Å². The Labute approximate surface area is 160 Å². The second-order valence-electron chi connectivity index (χ2n) is 4.23. The molecule has 0 saturated heterocycles. The molecule has 0 fully saturated rings. The Morgan fingerprint density at radius 2 is 1.91 bits per heavy atom. The highest BCUT2D eigenvalue weighted by molar-refractivity contribution is 14.1. The van der Waals surface area contributed by atoms with Crippen LogP contribution in [0.1, 0.15) is 16.1 Å². The minimum absolute atomic E-state index is 0.0110. The molecular formula is C12H7Cl3IN3O3S. The molecule has 0 aliphatic heterocycles. The van der Waals surface area contributed by atoms with Crippen molar-refractivity contribution in [3.05, 3.63) is 54.6 Å². The highest BCUT2D eigenvalue weighted by atomic mass is 127. The minimum Gasteiger partial charge on any atom is -0.268 e. The number of carbonyl (C=O) groups is 1. The van der Waals surface area contributed by atoms with Crippen LogP contribution in [0.2, 0.25) is 15.2 Å². The number of carbonyl (C=O) groups excluding carboxylic acids is 1. The van der Waals surface area contributed by atoms with E-state index in [1.807, 2.05) is 27.3 Å². The van der Waals surface area contributed by atoms with Crippen molar-refractivity contribution in [3.63, 3.8) is 0 Å². The number of hydrogen-bond donors (Lipinski definition) is 1. The quantitative estimate of drug-likeness (QED) is 0.508. The van der Waals surface area contributed by atoms with Crippen molar-refractivity contribution in [1.82, 2.24) is 14.7 Å². The van der Waals surface area contributed by atoms with Gasteiger partial charge in [-0.1, -0.05) is 34.8 Å². The Bertz CT molecular complexity index is 857. The van der Waals surface area contributed by atoms with Crippen LogP contribution in [0.3, 0.4) is 0 Å². The fourth-order valence-corrected chi connectivity index (χ4v) is 4.09. The van der Waals surface area contributed by atoms with Gasteiger partial charge in [-0.15, -0.1) is 0 Å². The van der Waals surface area contributed by atoms with Gasteiger partial charge in [0.1, 0.15) is 10.9 Å². The Balaban J connectivity index is 2.23. The van der Waals surface area contributed by atoms with Gasteiger partial charge in [0.2, 0.25) is 10.0 Å². The summed E-state index contributed by atoms with van der Waals surface area (Å²) in [5.41, 5.74) is -0.100. The molecule has 0 bridgehead atoms. The second kappa shape index (κ2) is 7.47. The van der Waals surface area contributed by atoms with Crippen molar-refractivity contribution in [1.29, 1.82) is 0 Å². The SMILES string of the molecule is O=C(NS(=O)(=O)Cc1ncc(I)cc1Cl)c1c(Cl)ccnc1Cl. The third-order valence-corrected chi connectivity index (χ3v) is 5.21. The zero-order valence-corrected chi connectivity index (χ0v) is 16.3. The highest BCUT2D eigenvalue weighted by Gasteiger charge is 2.23. The van der Waals surface area contributed by atoms with Crippen molar-refractivity contribution in [2.45, 2.75) is 5.75 Å². The van der Waals surface area contributed by atoms with E-state index in [1.165, 1.54) is 18.5 Å². The van der Waals surface area contributed by atoms with E-state index >= 15 is 0 Å². The topological polar surface area (TPSA) is 89.0 Å². The first-order chi connectivity index (χ1) is 10.7. The first kappa shape index (κ1) is 18.7. The summed E-state index contributed by atoms with van der Waals surface area (Å²) in [5.74, 6) is -1.54. The standard InChI is InChI=1S/C12H7Cl3IN3O3S/c13-7-1-2-17-11(15)10(7)12(20)19-23(21,22)5-9-8(14)3-6(16)4-18-9/h1-4H,5H2,(H,19,20). The number of nitrogens with one attached hydrogen (secondary N) is 1. The molecule has 1 amide bonds. The van der Waals surface area contributed by atoms with Crippen LogP contribution < -0.4 is 4.72 Å². The number of halogens is 4. The predicted molar refractivity (Wildman–Crippen MR) is 96.3 cm³/mol. The van der Waals surface area contributed by atoms with Crippen molar-refractivity contribution in [2.24, 2.45) is 0 Å². The maximum Gasteiger partial charge on any atom is 0.269 e. The Morgan fingerprint density at radius 3 is 2.52 bits per heavy atom. The Kier molecular flexibility index (Phi) is 6.06. The van der Waals surface area contributed by atoms with E-state index in [4.69, 9.17) is 34.8 Å². The fourth-order valence-electron chi connectivity index (χ4n) is 1.57. The zero-order chi connectivity index (χ0) is 17.2. The lowest BCUT2D eigenvalue weighted by molar-refractivity contribution is 0.0981. The average molecular weight is 507 g/mol. The summed E-state index contributed by atoms with van der Waals surface area (Å²) in [6.07, 6.45) is 2.76. The molecule has 0 spiro atoms. The van der Waals surface area contributed by atoms with Crippen molar-refractivity contribution >= 4 is 73.3 Å². The summed E-state index contributed by atoms with van der Waals surface area (Å²) in [6.45, 7) is 0. The van der Waals surface area contributed by atoms with Crippen LogP contribution in [0.15, 0.2) is 24.5 Å². The van der Waals surface area contributed by atoms with Gasteiger partial charge < -0.3 is 0 Å². The normalized spacial score (nSPS) is 11.3. The maximum atomic E-state index is 12.1. The summed E-state index contributed by atoms with van der Waals surface area (Å²) >= 11 is 19.5. The summed E-state index contributed by atoms with van der Waals surface area (Å²) in [7, 11) is -4.04. The molecule has 0 aliphatic rings. The summed E-state index contributed by atoms with van der Waals surface area (Å²) in [6, 6.07) is 2.89. The van der Waals surface area contributed by atoms with E-state index in [0.29, 0.717) is 0 Å². The molecule has 122 valence electrons. The van der Waals surface area contributed by atoms with Gasteiger partial charge in [0.15, 0.2) is 0 Å². The third-order valence-electron chi connectivity index (χ3n) is 2.54. The summed E-state index contributed by atoms with van der Waals surface area (Å²) < 4.78 is 26.8. The van der Waals surface area contributed by atoms with E-state index in [2.05, 4.69) is 9.97 Å². The molecule has 6 nitrogen and oxygen atoms in total. The van der Waals surface area contributed by atoms with E-state index < -0.39 is 21.7 Å². The Hall–Kier alpha value is -0.680. The monoisotopic (exact) mass is 505 g/mol. The second-order valence-corrected chi connectivity index (χ2v) is 8.37. The maximum absolute atomic E-state index is 12.1. The van der Waals surface area contributed by atoms with Crippen LogP contribution in [0.5, 0.6) is 0 Å². The first-order valence-corrected chi connectivity index (χ1v) is 9.71. The highest BCUT2D eigenvalue weighted by Crippen LogP contribution is 2.23. The van der Waals surface area contributed by atoms with Crippen LogP contribution in [-0.4, -0.2) is 24.3 Å². The van der Waals surface area contributed by atoms with Gasteiger partial charge in [0.25, 0.3) is 5.91 Å².